The highest BCUT2D eigenvalue weighted by Gasteiger charge is 2.13. The van der Waals surface area contributed by atoms with Crippen molar-refractivity contribution in [2.45, 2.75) is 19.1 Å². The first-order valence-corrected chi connectivity index (χ1v) is 6.36. The zero-order chi connectivity index (χ0) is 14.5. The number of ether oxygens (including phenoxy) is 3. The van der Waals surface area contributed by atoms with Gasteiger partial charge in [-0.05, 0) is 6.92 Å². The smallest absolute Gasteiger partial charge is 0.236 e. The summed E-state index contributed by atoms with van der Waals surface area (Å²) < 4.78 is 14.8. The van der Waals surface area contributed by atoms with E-state index in [0.29, 0.717) is 32.9 Å². The molecule has 7 heteroatoms. The van der Waals surface area contributed by atoms with E-state index in [1.54, 1.807) is 21.1 Å². The van der Waals surface area contributed by atoms with Crippen LogP contribution in [0.1, 0.15) is 6.92 Å². The van der Waals surface area contributed by atoms with Crippen molar-refractivity contribution in [2.24, 2.45) is 0 Å². The van der Waals surface area contributed by atoms with Crippen LogP contribution in [0, 0.1) is 0 Å². The van der Waals surface area contributed by atoms with Crippen LogP contribution in [0.3, 0.4) is 0 Å². The molecule has 0 aromatic heterocycles. The van der Waals surface area contributed by atoms with E-state index in [1.807, 2.05) is 0 Å². The Balaban J connectivity index is 3.58. The Morgan fingerprint density at radius 1 is 1.21 bits per heavy atom. The van der Waals surface area contributed by atoms with E-state index in [2.05, 4.69) is 10.6 Å². The minimum atomic E-state index is -0.647. The van der Waals surface area contributed by atoms with Gasteiger partial charge in [-0.2, -0.15) is 0 Å². The number of methoxy groups -OCH3 is 2. The molecular weight excluding hydrogens is 252 g/mol. The Morgan fingerprint density at radius 2 is 1.89 bits per heavy atom. The van der Waals surface area contributed by atoms with E-state index in [1.165, 1.54) is 0 Å². The summed E-state index contributed by atoms with van der Waals surface area (Å²) in [6.07, 6.45) is -0.647. The average molecular weight is 278 g/mol. The Bertz CT molecular complexity index is 228. The van der Waals surface area contributed by atoms with E-state index < -0.39 is 6.10 Å². The summed E-state index contributed by atoms with van der Waals surface area (Å²) in [7, 11) is 3.17. The molecule has 2 atom stereocenters. The molecule has 0 aromatic rings. The highest BCUT2D eigenvalue weighted by Crippen LogP contribution is 1.88. The van der Waals surface area contributed by atoms with Crippen LogP contribution in [0.4, 0.5) is 0 Å². The normalized spacial score (nSPS) is 14.1. The van der Waals surface area contributed by atoms with Gasteiger partial charge in [0, 0.05) is 27.3 Å². The van der Waals surface area contributed by atoms with Crippen LogP contribution in [0.25, 0.3) is 0 Å². The molecule has 3 N–H and O–H groups in total. The Hall–Kier alpha value is -0.730. The quantitative estimate of drug-likeness (QED) is 0.387. The fourth-order valence-electron chi connectivity index (χ4n) is 1.26. The maximum absolute atomic E-state index is 11.6. The van der Waals surface area contributed by atoms with E-state index in [9.17, 15) is 9.90 Å². The fraction of sp³-hybridized carbons (Fsp3) is 0.917. The van der Waals surface area contributed by atoms with Crippen molar-refractivity contribution < 1.29 is 24.1 Å². The molecule has 114 valence electrons. The van der Waals surface area contributed by atoms with Gasteiger partial charge >= 0.3 is 0 Å². The second kappa shape index (κ2) is 12.3. The average Bonchev–Trinajstić information content (AvgIpc) is 2.41. The van der Waals surface area contributed by atoms with Crippen molar-refractivity contribution in [3.8, 4) is 0 Å². The van der Waals surface area contributed by atoms with Gasteiger partial charge in [-0.3, -0.25) is 4.79 Å². The molecule has 0 saturated carbocycles. The van der Waals surface area contributed by atoms with E-state index >= 15 is 0 Å². The molecule has 0 saturated heterocycles. The lowest BCUT2D eigenvalue weighted by atomic mass is 10.3. The van der Waals surface area contributed by atoms with Gasteiger partial charge < -0.3 is 30.0 Å². The Morgan fingerprint density at radius 3 is 2.53 bits per heavy atom. The molecule has 1 amide bonds. The molecule has 0 fully saturated rings. The molecule has 0 spiro atoms. The lowest BCUT2D eigenvalue weighted by Crippen LogP contribution is -2.46. The van der Waals surface area contributed by atoms with Crippen LogP contribution >= 0.6 is 0 Å². The molecule has 0 heterocycles. The van der Waals surface area contributed by atoms with Gasteiger partial charge in [-0.1, -0.05) is 0 Å². The van der Waals surface area contributed by atoms with Crippen LogP contribution in [0.2, 0.25) is 0 Å². The SMILES string of the molecule is COCCNC(=O)C(C)NCC(O)COCCOC. The monoisotopic (exact) mass is 278 g/mol. The lowest BCUT2D eigenvalue weighted by Gasteiger charge is -2.17. The lowest BCUT2D eigenvalue weighted by molar-refractivity contribution is -0.123. The van der Waals surface area contributed by atoms with Gasteiger partial charge in [0.15, 0.2) is 0 Å². The fourth-order valence-corrected chi connectivity index (χ4v) is 1.26. The van der Waals surface area contributed by atoms with Crippen molar-refractivity contribution in [2.75, 3.05) is 53.7 Å². The van der Waals surface area contributed by atoms with Crippen LogP contribution in [0.5, 0.6) is 0 Å². The number of carbonyl (C=O) groups is 1. The van der Waals surface area contributed by atoms with Crippen molar-refractivity contribution in [3.63, 3.8) is 0 Å². The number of carbonyl (C=O) groups excluding carboxylic acids is 1. The number of nitrogens with one attached hydrogen (secondary N) is 2. The van der Waals surface area contributed by atoms with Crippen molar-refractivity contribution in [1.82, 2.24) is 10.6 Å². The highest BCUT2D eigenvalue weighted by molar-refractivity contribution is 5.81. The summed E-state index contributed by atoms with van der Waals surface area (Å²) >= 11 is 0. The Labute approximate surface area is 114 Å². The van der Waals surface area contributed by atoms with Gasteiger partial charge in [0.05, 0.1) is 38.6 Å². The minimum Gasteiger partial charge on any atom is -0.389 e. The molecule has 0 aliphatic rings. The van der Waals surface area contributed by atoms with E-state index in [0.717, 1.165) is 0 Å². The summed E-state index contributed by atoms with van der Waals surface area (Å²) in [6.45, 7) is 4.15. The number of aliphatic hydroxyl groups excluding tert-OH is 1. The number of rotatable bonds is 12. The molecule has 0 aliphatic carbocycles. The number of aliphatic hydroxyl groups is 1. The van der Waals surface area contributed by atoms with Crippen LogP contribution in [0.15, 0.2) is 0 Å². The summed E-state index contributed by atoms with van der Waals surface area (Å²) in [5.41, 5.74) is 0. The van der Waals surface area contributed by atoms with Crippen LogP contribution in [-0.4, -0.2) is 76.9 Å². The van der Waals surface area contributed by atoms with Gasteiger partial charge in [0.2, 0.25) is 5.91 Å². The zero-order valence-corrected chi connectivity index (χ0v) is 12.0. The minimum absolute atomic E-state index is 0.121. The number of amides is 1. The predicted molar refractivity (Wildman–Crippen MR) is 71.1 cm³/mol. The molecule has 2 unspecified atom stereocenters. The van der Waals surface area contributed by atoms with Gasteiger partial charge in [0.25, 0.3) is 0 Å². The zero-order valence-electron chi connectivity index (χ0n) is 12.0. The molecule has 0 aromatic carbocycles. The molecule has 0 aliphatic heterocycles. The third-order valence-electron chi connectivity index (χ3n) is 2.40. The second-order valence-electron chi connectivity index (χ2n) is 4.14. The first-order valence-electron chi connectivity index (χ1n) is 6.36. The maximum atomic E-state index is 11.6. The van der Waals surface area contributed by atoms with Crippen LogP contribution < -0.4 is 10.6 Å². The maximum Gasteiger partial charge on any atom is 0.236 e. The second-order valence-corrected chi connectivity index (χ2v) is 4.14. The first-order chi connectivity index (χ1) is 9.11. The topological polar surface area (TPSA) is 89.1 Å². The molecule has 7 nitrogen and oxygen atoms in total. The van der Waals surface area contributed by atoms with Gasteiger partial charge in [-0.15, -0.1) is 0 Å². The third-order valence-corrected chi connectivity index (χ3v) is 2.40. The Kier molecular flexibility index (Phi) is 11.8. The molecule has 19 heavy (non-hydrogen) atoms. The first kappa shape index (κ1) is 18.3. The number of hydrogen-bond donors (Lipinski definition) is 3. The van der Waals surface area contributed by atoms with Crippen molar-refractivity contribution >= 4 is 5.91 Å². The van der Waals surface area contributed by atoms with Crippen molar-refractivity contribution in [3.05, 3.63) is 0 Å². The third kappa shape index (κ3) is 10.8. The summed E-state index contributed by atoms with van der Waals surface area (Å²) in [6, 6.07) is -0.370. The molecular formula is C12H26N2O5. The molecule has 0 bridgehead atoms. The van der Waals surface area contributed by atoms with E-state index in [-0.39, 0.29) is 18.6 Å². The van der Waals surface area contributed by atoms with E-state index in [4.69, 9.17) is 14.2 Å². The van der Waals surface area contributed by atoms with Crippen LogP contribution in [-0.2, 0) is 19.0 Å². The van der Waals surface area contributed by atoms with Gasteiger partial charge in [-0.25, -0.2) is 0 Å². The van der Waals surface area contributed by atoms with Gasteiger partial charge in [0.1, 0.15) is 0 Å². The largest absolute Gasteiger partial charge is 0.389 e. The standard InChI is InChI=1S/C12H26N2O5/c1-10(12(16)13-4-5-17-2)14-8-11(15)9-19-7-6-18-3/h10-11,14-15H,4-9H2,1-3H3,(H,13,16). The summed E-state index contributed by atoms with van der Waals surface area (Å²) in [4.78, 5) is 11.6. The molecule has 0 rings (SSSR count). The van der Waals surface area contributed by atoms with Crippen molar-refractivity contribution in [1.29, 1.82) is 0 Å². The summed E-state index contributed by atoms with van der Waals surface area (Å²) in [5.74, 6) is -0.121. The highest BCUT2D eigenvalue weighted by atomic mass is 16.5. The predicted octanol–water partition coefficient (Wildman–Crippen LogP) is -1.25. The number of hydrogen-bond acceptors (Lipinski definition) is 6. The summed E-state index contributed by atoms with van der Waals surface area (Å²) in [5, 5.41) is 15.3. The molecule has 0 radical (unpaired) electrons.